The van der Waals surface area contributed by atoms with Gasteiger partial charge in [-0.2, -0.15) is 0 Å². The fraction of sp³-hybridized carbons (Fsp3) is 0.182. The van der Waals surface area contributed by atoms with Gasteiger partial charge in [-0.25, -0.2) is 4.98 Å². The van der Waals surface area contributed by atoms with E-state index in [-0.39, 0.29) is 5.06 Å². The summed E-state index contributed by atoms with van der Waals surface area (Å²) in [6, 6.07) is 5.71. The molecular weight excluding hydrogens is 290 g/mol. The molecule has 0 saturated heterocycles. The summed E-state index contributed by atoms with van der Waals surface area (Å²) in [5.74, 6) is 0.779. The molecule has 0 aliphatic heterocycles. The van der Waals surface area contributed by atoms with Gasteiger partial charge < -0.3 is 9.84 Å². The summed E-state index contributed by atoms with van der Waals surface area (Å²) in [5, 5.41) is 10.6. The molecule has 2 rings (SSSR count). The van der Waals surface area contributed by atoms with E-state index in [2.05, 4.69) is 20.9 Å². The molecule has 0 saturated carbocycles. The maximum atomic E-state index is 9.49. The van der Waals surface area contributed by atoms with E-state index in [9.17, 15) is 5.11 Å². The van der Waals surface area contributed by atoms with Gasteiger partial charge in [-0.15, -0.1) is 0 Å². The molecule has 0 fully saturated rings. The zero-order valence-corrected chi connectivity index (χ0v) is 11.2. The summed E-state index contributed by atoms with van der Waals surface area (Å²) >= 11 is 4.69. The van der Waals surface area contributed by atoms with Crippen LogP contribution in [0.2, 0.25) is 0 Å². The van der Waals surface area contributed by atoms with Crippen LogP contribution in [-0.4, -0.2) is 17.2 Å². The summed E-state index contributed by atoms with van der Waals surface area (Å²) in [6.07, 6.45) is 0. The summed E-state index contributed by atoms with van der Waals surface area (Å²) < 4.78 is 6.03. The highest BCUT2D eigenvalue weighted by Gasteiger charge is 2.09. The van der Waals surface area contributed by atoms with Gasteiger partial charge in [-0.1, -0.05) is 11.3 Å². The lowest BCUT2D eigenvalue weighted by Crippen LogP contribution is -1.85. The molecule has 0 aliphatic carbocycles. The summed E-state index contributed by atoms with van der Waals surface area (Å²) in [6.45, 7) is 1.79. The number of rotatable bonds is 2. The van der Waals surface area contributed by atoms with Crippen molar-refractivity contribution in [2.45, 2.75) is 6.92 Å². The first kappa shape index (κ1) is 11.4. The van der Waals surface area contributed by atoms with Crippen molar-refractivity contribution in [3.8, 4) is 21.4 Å². The molecule has 5 heteroatoms. The number of nitrogens with zero attached hydrogens (tertiary/aromatic N) is 1. The number of ether oxygens (including phenoxy) is 1. The maximum Gasteiger partial charge on any atom is 0.195 e. The van der Waals surface area contributed by atoms with Crippen molar-refractivity contribution in [3.05, 3.63) is 28.4 Å². The van der Waals surface area contributed by atoms with Gasteiger partial charge in [0.25, 0.3) is 0 Å². The molecule has 0 atom stereocenters. The summed E-state index contributed by atoms with van der Waals surface area (Å²) in [5.41, 5.74) is 1.62. The largest absolute Gasteiger partial charge is 0.498 e. The van der Waals surface area contributed by atoms with Gasteiger partial charge in [0.15, 0.2) is 5.06 Å². The Hall–Kier alpha value is -1.07. The summed E-state index contributed by atoms with van der Waals surface area (Å²) in [7, 11) is 1.62. The third-order valence-corrected chi connectivity index (χ3v) is 3.80. The number of halogens is 1. The second kappa shape index (κ2) is 4.43. The second-order valence-electron chi connectivity index (χ2n) is 3.26. The number of methoxy groups -OCH3 is 1. The van der Waals surface area contributed by atoms with Crippen LogP contribution in [0.3, 0.4) is 0 Å². The van der Waals surface area contributed by atoms with Crippen LogP contribution in [0.1, 0.15) is 5.69 Å². The highest BCUT2D eigenvalue weighted by Crippen LogP contribution is 2.35. The zero-order chi connectivity index (χ0) is 11.7. The first-order valence-corrected chi connectivity index (χ1v) is 6.23. The Bertz CT molecular complexity index is 505. The average Bonchev–Trinajstić information content (AvgIpc) is 2.59. The lowest BCUT2D eigenvalue weighted by Gasteiger charge is -2.03. The van der Waals surface area contributed by atoms with E-state index in [1.807, 2.05) is 18.2 Å². The van der Waals surface area contributed by atoms with Crippen molar-refractivity contribution in [1.82, 2.24) is 4.98 Å². The lowest BCUT2D eigenvalue weighted by atomic mass is 10.2. The Morgan fingerprint density at radius 1 is 1.44 bits per heavy atom. The molecule has 0 aliphatic rings. The van der Waals surface area contributed by atoms with Crippen molar-refractivity contribution in [1.29, 1.82) is 0 Å². The van der Waals surface area contributed by atoms with Crippen LogP contribution in [0.4, 0.5) is 0 Å². The van der Waals surface area contributed by atoms with Crippen LogP contribution < -0.4 is 4.74 Å². The Morgan fingerprint density at radius 2 is 2.19 bits per heavy atom. The van der Waals surface area contributed by atoms with E-state index in [4.69, 9.17) is 4.74 Å². The number of aryl methyl sites for hydroxylation is 1. The molecule has 0 spiro atoms. The number of aromatic nitrogens is 1. The molecule has 16 heavy (non-hydrogen) atoms. The molecule has 84 valence electrons. The van der Waals surface area contributed by atoms with Crippen molar-refractivity contribution >= 4 is 27.3 Å². The standard InChI is InChI=1S/C11H10BrNO2S/c1-6-11(14)16-10(13-6)7-3-4-9(15-2)8(12)5-7/h3-5,14H,1-2H3. The molecule has 0 bridgehead atoms. The van der Waals surface area contributed by atoms with E-state index < -0.39 is 0 Å². The summed E-state index contributed by atoms with van der Waals surface area (Å²) in [4.78, 5) is 4.28. The number of hydrogen-bond donors (Lipinski definition) is 1. The fourth-order valence-corrected chi connectivity index (χ4v) is 2.66. The van der Waals surface area contributed by atoms with Crippen LogP contribution in [0.5, 0.6) is 10.8 Å². The van der Waals surface area contributed by atoms with Crippen LogP contribution in [0, 0.1) is 6.92 Å². The molecule has 1 N–H and O–H groups in total. The molecule has 1 heterocycles. The number of benzene rings is 1. The molecular formula is C11H10BrNO2S. The van der Waals surface area contributed by atoms with Gasteiger partial charge in [0.2, 0.25) is 0 Å². The lowest BCUT2D eigenvalue weighted by molar-refractivity contribution is 0.412. The van der Waals surface area contributed by atoms with Crippen LogP contribution in [0.25, 0.3) is 10.6 Å². The van der Waals surface area contributed by atoms with Gasteiger partial charge in [0, 0.05) is 5.56 Å². The van der Waals surface area contributed by atoms with Crippen LogP contribution in [0.15, 0.2) is 22.7 Å². The molecule has 1 aromatic heterocycles. The van der Waals surface area contributed by atoms with E-state index >= 15 is 0 Å². The van der Waals surface area contributed by atoms with Crippen molar-refractivity contribution < 1.29 is 9.84 Å². The van der Waals surface area contributed by atoms with Crippen LogP contribution >= 0.6 is 27.3 Å². The molecule has 3 nitrogen and oxygen atoms in total. The molecule has 1 aromatic carbocycles. The smallest absolute Gasteiger partial charge is 0.195 e. The van der Waals surface area contributed by atoms with E-state index in [0.29, 0.717) is 5.69 Å². The quantitative estimate of drug-likeness (QED) is 0.921. The Labute approximate surface area is 106 Å². The SMILES string of the molecule is COc1ccc(-c2nc(C)c(O)s2)cc1Br. The van der Waals surface area contributed by atoms with E-state index in [1.165, 1.54) is 11.3 Å². The minimum Gasteiger partial charge on any atom is -0.498 e. The molecule has 2 aromatic rings. The predicted molar refractivity (Wildman–Crippen MR) is 68.2 cm³/mol. The van der Waals surface area contributed by atoms with E-state index in [0.717, 1.165) is 20.8 Å². The molecule has 0 radical (unpaired) electrons. The normalized spacial score (nSPS) is 10.4. The first-order valence-electron chi connectivity index (χ1n) is 4.62. The average molecular weight is 300 g/mol. The highest BCUT2D eigenvalue weighted by molar-refractivity contribution is 9.10. The fourth-order valence-electron chi connectivity index (χ4n) is 1.31. The van der Waals surface area contributed by atoms with Gasteiger partial charge in [-0.3, -0.25) is 0 Å². The molecule has 0 unspecified atom stereocenters. The topological polar surface area (TPSA) is 42.4 Å². The first-order chi connectivity index (χ1) is 7.61. The third kappa shape index (κ3) is 2.05. The minimum atomic E-state index is 0.266. The van der Waals surface area contributed by atoms with Gasteiger partial charge >= 0.3 is 0 Å². The zero-order valence-electron chi connectivity index (χ0n) is 8.82. The van der Waals surface area contributed by atoms with Crippen molar-refractivity contribution in [3.63, 3.8) is 0 Å². The molecule has 0 amide bonds. The Morgan fingerprint density at radius 3 is 2.69 bits per heavy atom. The van der Waals surface area contributed by atoms with Gasteiger partial charge in [0.1, 0.15) is 10.8 Å². The third-order valence-electron chi connectivity index (χ3n) is 2.17. The predicted octanol–water partition coefficient (Wildman–Crippen LogP) is 3.60. The number of thiazole rings is 1. The second-order valence-corrected chi connectivity index (χ2v) is 5.09. The van der Waals surface area contributed by atoms with Gasteiger partial charge in [0.05, 0.1) is 17.3 Å². The number of aromatic hydroxyl groups is 1. The van der Waals surface area contributed by atoms with Gasteiger partial charge in [-0.05, 0) is 41.1 Å². The monoisotopic (exact) mass is 299 g/mol. The Balaban J connectivity index is 2.45. The van der Waals surface area contributed by atoms with Crippen molar-refractivity contribution in [2.24, 2.45) is 0 Å². The maximum absolute atomic E-state index is 9.49. The van der Waals surface area contributed by atoms with Crippen LogP contribution in [-0.2, 0) is 0 Å². The Kier molecular flexibility index (Phi) is 3.16. The van der Waals surface area contributed by atoms with Crippen molar-refractivity contribution in [2.75, 3.05) is 7.11 Å². The highest BCUT2D eigenvalue weighted by atomic mass is 79.9. The minimum absolute atomic E-state index is 0.266. The number of hydrogen-bond acceptors (Lipinski definition) is 4. The van der Waals surface area contributed by atoms with E-state index in [1.54, 1.807) is 14.0 Å².